The summed E-state index contributed by atoms with van der Waals surface area (Å²) in [6, 6.07) is 8.14. The zero-order valence-electron chi connectivity index (χ0n) is 15.1. The molecule has 2 aromatic carbocycles. The summed E-state index contributed by atoms with van der Waals surface area (Å²) >= 11 is 0. The Morgan fingerprint density at radius 2 is 1.86 bits per heavy atom. The Kier molecular flexibility index (Phi) is 4.54. The van der Waals surface area contributed by atoms with Gasteiger partial charge in [0.05, 0.1) is 23.0 Å². The molecule has 0 unspecified atom stereocenters. The minimum Gasteiger partial charge on any atom is -0.376 e. The van der Waals surface area contributed by atoms with E-state index in [0.717, 1.165) is 5.56 Å². The number of rotatable bonds is 2. The van der Waals surface area contributed by atoms with Crippen molar-refractivity contribution in [2.75, 3.05) is 5.32 Å². The maximum atomic E-state index is 14.1. The number of hydrogen-bond donors (Lipinski definition) is 2. The quantitative estimate of drug-likeness (QED) is 0.524. The molecule has 2 atom stereocenters. The summed E-state index contributed by atoms with van der Waals surface area (Å²) in [6.07, 6.45) is 1.43. The molecule has 10 heteroatoms. The first-order valence-corrected chi connectivity index (χ1v) is 8.60. The van der Waals surface area contributed by atoms with E-state index in [-0.39, 0.29) is 23.6 Å². The molecule has 1 aliphatic heterocycles. The van der Waals surface area contributed by atoms with Gasteiger partial charge in [0.15, 0.2) is 0 Å². The predicted molar refractivity (Wildman–Crippen MR) is 105 cm³/mol. The molecular weight excluding hydrogens is 402 g/mol. The molecule has 1 aliphatic rings. The topological polar surface area (TPSA) is 88.5 Å². The second-order valence-corrected chi connectivity index (χ2v) is 6.71. The molecule has 5 rings (SSSR count). The van der Waals surface area contributed by atoms with E-state index in [9.17, 15) is 13.6 Å². The molecule has 7 nitrogen and oxygen atoms in total. The zero-order chi connectivity index (χ0) is 19.4. The van der Waals surface area contributed by atoms with Gasteiger partial charge in [-0.2, -0.15) is 10.2 Å². The van der Waals surface area contributed by atoms with Crippen LogP contribution in [0.4, 0.5) is 14.5 Å². The number of benzene rings is 2. The van der Waals surface area contributed by atoms with Gasteiger partial charge in [0, 0.05) is 18.1 Å². The van der Waals surface area contributed by atoms with Crippen molar-refractivity contribution < 1.29 is 8.78 Å². The van der Waals surface area contributed by atoms with Crippen LogP contribution in [0.3, 0.4) is 0 Å². The molecule has 148 valence electrons. The zero-order valence-corrected chi connectivity index (χ0v) is 15.9. The number of anilines is 1. The number of aryl methyl sites for hydroxylation is 1. The van der Waals surface area contributed by atoms with Crippen LogP contribution in [0, 0.1) is 11.6 Å². The fourth-order valence-electron chi connectivity index (χ4n) is 3.84. The normalized spacial score (nSPS) is 17.6. The molecular formula is C19H15ClF2N6O. The largest absolute Gasteiger partial charge is 0.376 e. The number of aromatic amines is 1. The fraction of sp³-hybridized carbons (Fsp3) is 0.158. The summed E-state index contributed by atoms with van der Waals surface area (Å²) in [5.41, 5.74) is 1.30. The van der Waals surface area contributed by atoms with Crippen LogP contribution in [0.1, 0.15) is 29.0 Å². The summed E-state index contributed by atoms with van der Waals surface area (Å²) in [5.74, 6) is -0.716. The molecule has 0 saturated carbocycles. The summed E-state index contributed by atoms with van der Waals surface area (Å²) < 4.78 is 29.2. The van der Waals surface area contributed by atoms with Crippen molar-refractivity contribution >= 4 is 28.9 Å². The third kappa shape index (κ3) is 2.94. The standard InChI is InChI=1S/C19H14F2N6O.ClH/c1-27-18(22-8-23-27)15-16(9-2-4-10(20)5-3-9)24-13-7-11(21)6-12-14(13)17(15)25-26-19(12)28;/h2-8,15-16,24H,1H3,(H,26,28);1H/t15-,16-;/m1./s1. The van der Waals surface area contributed by atoms with E-state index < -0.39 is 23.3 Å². The van der Waals surface area contributed by atoms with Gasteiger partial charge in [0.1, 0.15) is 23.8 Å². The fourth-order valence-corrected chi connectivity index (χ4v) is 3.84. The van der Waals surface area contributed by atoms with Crippen LogP contribution in [0.2, 0.25) is 0 Å². The highest BCUT2D eigenvalue weighted by molar-refractivity contribution is 5.97. The summed E-state index contributed by atoms with van der Waals surface area (Å²) in [7, 11) is 1.76. The molecule has 0 bridgehead atoms. The van der Waals surface area contributed by atoms with Gasteiger partial charge in [0.2, 0.25) is 0 Å². The minimum atomic E-state index is -0.535. The van der Waals surface area contributed by atoms with E-state index in [4.69, 9.17) is 0 Å². The van der Waals surface area contributed by atoms with E-state index in [1.165, 1.54) is 30.6 Å². The Labute approximate surface area is 169 Å². The van der Waals surface area contributed by atoms with Gasteiger partial charge in [-0.15, -0.1) is 12.4 Å². The lowest BCUT2D eigenvalue weighted by Crippen LogP contribution is -2.30. The average molecular weight is 417 g/mol. The second-order valence-electron chi connectivity index (χ2n) is 6.71. The maximum absolute atomic E-state index is 14.1. The Hall–Kier alpha value is -3.33. The van der Waals surface area contributed by atoms with Gasteiger partial charge >= 0.3 is 0 Å². The van der Waals surface area contributed by atoms with Crippen LogP contribution < -0.4 is 10.9 Å². The van der Waals surface area contributed by atoms with Crippen LogP contribution in [0.5, 0.6) is 0 Å². The van der Waals surface area contributed by atoms with Gasteiger partial charge in [-0.05, 0) is 29.8 Å². The molecule has 0 amide bonds. The van der Waals surface area contributed by atoms with Crippen LogP contribution in [-0.2, 0) is 7.05 Å². The van der Waals surface area contributed by atoms with Crippen molar-refractivity contribution in [3.8, 4) is 0 Å². The molecule has 0 spiro atoms. The van der Waals surface area contributed by atoms with Gasteiger partial charge in [-0.25, -0.2) is 18.9 Å². The minimum absolute atomic E-state index is 0. The highest BCUT2D eigenvalue weighted by Gasteiger charge is 2.37. The van der Waals surface area contributed by atoms with Crippen LogP contribution >= 0.6 is 12.4 Å². The molecule has 2 N–H and O–H groups in total. The first kappa shape index (κ1) is 19.0. The highest BCUT2D eigenvalue weighted by atomic mass is 35.5. The summed E-state index contributed by atoms with van der Waals surface area (Å²) in [5, 5.41) is 14.9. The lowest BCUT2D eigenvalue weighted by atomic mass is 9.83. The Morgan fingerprint density at radius 1 is 1.10 bits per heavy atom. The van der Waals surface area contributed by atoms with Crippen molar-refractivity contribution in [1.82, 2.24) is 25.0 Å². The molecule has 2 aromatic heterocycles. The molecule has 29 heavy (non-hydrogen) atoms. The van der Waals surface area contributed by atoms with Crippen molar-refractivity contribution in [3.63, 3.8) is 0 Å². The number of H-pyrrole nitrogens is 1. The third-order valence-corrected chi connectivity index (χ3v) is 5.07. The van der Waals surface area contributed by atoms with E-state index >= 15 is 0 Å². The summed E-state index contributed by atoms with van der Waals surface area (Å²) in [4.78, 5) is 16.6. The molecule has 0 fully saturated rings. The lowest BCUT2D eigenvalue weighted by molar-refractivity contribution is 0.562. The molecule has 4 aromatic rings. The van der Waals surface area contributed by atoms with Crippen LogP contribution in [0.15, 0.2) is 47.5 Å². The van der Waals surface area contributed by atoms with Gasteiger partial charge in [-0.3, -0.25) is 9.48 Å². The highest BCUT2D eigenvalue weighted by Crippen LogP contribution is 2.45. The van der Waals surface area contributed by atoms with Crippen molar-refractivity contribution in [3.05, 3.63) is 81.8 Å². The Balaban J connectivity index is 0.00000205. The monoisotopic (exact) mass is 416 g/mol. The first-order valence-electron chi connectivity index (χ1n) is 8.60. The molecule has 0 saturated heterocycles. The lowest BCUT2D eigenvalue weighted by Gasteiger charge is -2.33. The number of halogens is 3. The van der Waals surface area contributed by atoms with Crippen molar-refractivity contribution in [2.24, 2.45) is 7.05 Å². The van der Waals surface area contributed by atoms with Crippen molar-refractivity contribution in [2.45, 2.75) is 12.0 Å². The van der Waals surface area contributed by atoms with E-state index in [0.29, 0.717) is 22.6 Å². The summed E-state index contributed by atoms with van der Waals surface area (Å²) in [6.45, 7) is 0. The number of aromatic nitrogens is 5. The van der Waals surface area contributed by atoms with Gasteiger partial charge in [0.25, 0.3) is 5.56 Å². The van der Waals surface area contributed by atoms with E-state index in [1.54, 1.807) is 23.9 Å². The Morgan fingerprint density at radius 3 is 2.55 bits per heavy atom. The first-order chi connectivity index (χ1) is 13.5. The van der Waals surface area contributed by atoms with Gasteiger partial charge < -0.3 is 5.32 Å². The number of nitrogens with zero attached hydrogens (tertiary/aromatic N) is 4. The average Bonchev–Trinajstić information content (AvgIpc) is 3.10. The smallest absolute Gasteiger partial charge is 0.272 e. The number of nitrogens with one attached hydrogen (secondary N) is 2. The number of hydrogen-bond acceptors (Lipinski definition) is 5. The second kappa shape index (κ2) is 6.93. The van der Waals surface area contributed by atoms with E-state index in [1.807, 2.05) is 0 Å². The van der Waals surface area contributed by atoms with Gasteiger partial charge in [-0.1, -0.05) is 12.1 Å². The predicted octanol–water partition coefficient (Wildman–Crippen LogP) is 3.05. The molecule has 0 radical (unpaired) electrons. The SMILES string of the molecule is Cl.Cn1ncnc1[C@H]1c2n[nH]c(=O)c3cc(F)cc(c23)N[C@@H]1c1ccc(F)cc1. The maximum Gasteiger partial charge on any atom is 0.272 e. The van der Waals surface area contributed by atoms with Crippen LogP contribution in [-0.4, -0.2) is 25.0 Å². The molecule has 3 heterocycles. The van der Waals surface area contributed by atoms with Crippen molar-refractivity contribution in [1.29, 1.82) is 0 Å². The van der Waals surface area contributed by atoms with E-state index in [2.05, 4.69) is 25.6 Å². The van der Waals surface area contributed by atoms with Crippen LogP contribution in [0.25, 0.3) is 10.8 Å². The third-order valence-electron chi connectivity index (χ3n) is 5.07. The Bertz CT molecular complexity index is 1270. The molecule has 0 aliphatic carbocycles.